The van der Waals surface area contributed by atoms with Gasteiger partial charge in [-0.25, -0.2) is 4.79 Å². The first-order chi connectivity index (χ1) is 11.1. The van der Waals surface area contributed by atoms with Gasteiger partial charge in [-0.15, -0.1) is 0 Å². The van der Waals surface area contributed by atoms with E-state index in [4.69, 9.17) is 9.84 Å². The van der Waals surface area contributed by atoms with Crippen molar-refractivity contribution in [2.24, 2.45) is 0 Å². The number of β-amino-alcohol motifs (C(OH)–C–C–N with tert-alkyl or cyclic N) is 1. The number of aliphatic hydroxyl groups is 1. The molecular formula is C16H19N3O4. The van der Waals surface area contributed by atoms with E-state index < -0.39 is 6.04 Å². The summed E-state index contributed by atoms with van der Waals surface area (Å²) < 4.78 is 5.41. The molecule has 122 valence electrons. The minimum atomic E-state index is -0.495. The van der Waals surface area contributed by atoms with Crippen LogP contribution >= 0.6 is 0 Å². The Morgan fingerprint density at radius 1 is 1.30 bits per heavy atom. The molecule has 1 aromatic rings. The molecule has 2 aliphatic rings. The van der Waals surface area contributed by atoms with Gasteiger partial charge in [0.05, 0.1) is 37.1 Å². The number of ether oxygens (including phenoxy) is 1. The van der Waals surface area contributed by atoms with Crippen molar-refractivity contribution >= 4 is 11.9 Å². The molecule has 0 saturated heterocycles. The van der Waals surface area contributed by atoms with Gasteiger partial charge in [-0.05, 0) is 24.6 Å². The van der Waals surface area contributed by atoms with Crippen LogP contribution in [0.5, 0.6) is 5.75 Å². The molecule has 1 atom stereocenters. The first-order valence-electron chi connectivity index (χ1n) is 7.57. The molecule has 0 aliphatic carbocycles. The average Bonchev–Trinajstić information content (AvgIpc) is 2.84. The van der Waals surface area contributed by atoms with E-state index in [9.17, 15) is 9.59 Å². The highest BCUT2D eigenvalue weighted by molar-refractivity contribution is 6.01. The maximum Gasteiger partial charge on any atom is 0.319 e. The monoisotopic (exact) mass is 317 g/mol. The maximum absolute atomic E-state index is 12.5. The van der Waals surface area contributed by atoms with Gasteiger partial charge in [-0.2, -0.15) is 0 Å². The zero-order valence-corrected chi connectivity index (χ0v) is 12.8. The van der Waals surface area contributed by atoms with Crippen LogP contribution in [0.4, 0.5) is 4.79 Å². The number of hydrogen-bond acceptors (Lipinski definition) is 4. The van der Waals surface area contributed by atoms with Crippen LogP contribution in [0.3, 0.4) is 0 Å². The molecule has 3 N–H and O–H groups in total. The van der Waals surface area contributed by atoms with Crippen molar-refractivity contribution in [3.63, 3.8) is 0 Å². The highest BCUT2D eigenvalue weighted by Gasteiger charge is 2.39. The number of carbonyl (C=O) groups excluding carboxylic acids is 2. The molecule has 3 amide bonds. The molecule has 2 aliphatic heterocycles. The third kappa shape index (κ3) is 2.87. The van der Waals surface area contributed by atoms with Crippen molar-refractivity contribution in [2.45, 2.75) is 13.0 Å². The van der Waals surface area contributed by atoms with Crippen molar-refractivity contribution in [2.75, 3.05) is 26.3 Å². The third-order valence-corrected chi connectivity index (χ3v) is 3.91. The maximum atomic E-state index is 12.5. The zero-order chi connectivity index (χ0) is 16.4. The SMILES string of the molecule is CCOc1ccc([C@H]2NC(=O)NC3=C2C(=O)N(CCO)C3)cc1. The molecule has 0 unspecified atom stereocenters. The lowest BCUT2D eigenvalue weighted by atomic mass is 9.96. The van der Waals surface area contributed by atoms with Crippen molar-refractivity contribution in [3.8, 4) is 5.75 Å². The molecule has 23 heavy (non-hydrogen) atoms. The number of nitrogens with zero attached hydrogens (tertiary/aromatic N) is 1. The van der Waals surface area contributed by atoms with Crippen LogP contribution in [0.25, 0.3) is 0 Å². The third-order valence-electron chi connectivity index (χ3n) is 3.91. The fourth-order valence-corrected chi connectivity index (χ4v) is 2.90. The van der Waals surface area contributed by atoms with E-state index in [1.54, 1.807) is 0 Å². The normalized spacial score (nSPS) is 20.3. The number of urea groups is 1. The van der Waals surface area contributed by atoms with Crippen LogP contribution in [0.2, 0.25) is 0 Å². The van der Waals surface area contributed by atoms with Crippen LogP contribution in [-0.4, -0.2) is 48.2 Å². The summed E-state index contributed by atoms with van der Waals surface area (Å²) in [6.45, 7) is 2.94. The van der Waals surface area contributed by atoms with Crippen molar-refractivity contribution in [3.05, 3.63) is 41.1 Å². The second-order valence-electron chi connectivity index (χ2n) is 5.38. The lowest BCUT2D eigenvalue weighted by Crippen LogP contribution is -2.44. The minimum absolute atomic E-state index is 0.110. The summed E-state index contributed by atoms with van der Waals surface area (Å²) in [4.78, 5) is 25.9. The molecule has 0 bridgehead atoms. The van der Waals surface area contributed by atoms with E-state index in [1.165, 1.54) is 4.90 Å². The molecule has 1 aromatic carbocycles. The highest BCUT2D eigenvalue weighted by Crippen LogP contribution is 2.32. The van der Waals surface area contributed by atoms with E-state index in [0.29, 0.717) is 24.4 Å². The molecule has 3 rings (SSSR count). The largest absolute Gasteiger partial charge is 0.494 e. The first kappa shape index (κ1) is 15.4. The van der Waals surface area contributed by atoms with E-state index in [-0.39, 0.29) is 25.1 Å². The van der Waals surface area contributed by atoms with Gasteiger partial charge in [0.2, 0.25) is 0 Å². The van der Waals surface area contributed by atoms with E-state index >= 15 is 0 Å². The Morgan fingerprint density at radius 3 is 2.70 bits per heavy atom. The van der Waals surface area contributed by atoms with Crippen LogP contribution in [0, 0.1) is 0 Å². The topological polar surface area (TPSA) is 90.9 Å². The molecule has 2 heterocycles. The second kappa shape index (κ2) is 6.29. The Hall–Kier alpha value is -2.54. The number of benzene rings is 1. The van der Waals surface area contributed by atoms with Gasteiger partial charge in [-0.3, -0.25) is 4.79 Å². The minimum Gasteiger partial charge on any atom is -0.494 e. The second-order valence-corrected chi connectivity index (χ2v) is 5.38. The molecule has 0 radical (unpaired) electrons. The number of carbonyl (C=O) groups is 2. The molecule has 0 spiro atoms. The summed E-state index contributed by atoms with van der Waals surface area (Å²) in [5.41, 5.74) is 1.95. The molecule has 7 nitrogen and oxygen atoms in total. The summed E-state index contributed by atoms with van der Waals surface area (Å²) in [7, 11) is 0. The Bertz CT molecular complexity index is 654. The van der Waals surface area contributed by atoms with E-state index in [1.807, 2.05) is 31.2 Å². The Labute approximate surface area is 133 Å². The highest BCUT2D eigenvalue weighted by atomic mass is 16.5. The van der Waals surface area contributed by atoms with E-state index in [0.717, 1.165) is 11.3 Å². The molecule has 0 aromatic heterocycles. The smallest absolute Gasteiger partial charge is 0.319 e. The number of amides is 3. The first-order valence-corrected chi connectivity index (χ1v) is 7.57. The summed E-state index contributed by atoms with van der Waals surface area (Å²) in [6.07, 6.45) is 0. The Morgan fingerprint density at radius 2 is 2.04 bits per heavy atom. The predicted molar refractivity (Wildman–Crippen MR) is 82.7 cm³/mol. The van der Waals surface area contributed by atoms with Crippen LogP contribution in [0.1, 0.15) is 18.5 Å². The fourth-order valence-electron chi connectivity index (χ4n) is 2.90. The van der Waals surface area contributed by atoms with Crippen LogP contribution < -0.4 is 15.4 Å². The van der Waals surface area contributed by atoms with Gasteiger partial charge in [0, 0.05) is 6.54 Å². The van der Waals surface area contributed by atoms with Crippen LogP contribution in [0.15, 0.2) is 35.5 Å². The van der Waals surface area contributed by atoms with Crippen molar-refractivity contribution < 1.29 is 19.4 Å². The number of rotatable bonds is 5. The number of hydrogen-bond donors (Lipinski definition) is 3. The standard InChI is InChI=1S/C16H19N3O4/c1-2-23-11-5-3-10(4-6-11)14-13-12(17-16(22)18-14)9-19(7-8-20)15(13)21/h3-6,14,20H,2,7-9H2,1H3,(H2,17,18,22)/t14-/m1/s1. The predicted octanol–water partition coefficient (Wildman–Crippen LogP) is 0.528. The summed E-state index contributed by atoms with van der Waals surface area (Å²) in [6, 6.07) is 6.49. The van der Waals surface area contributed by atoms with Gasteiger partial charge < -0.3 is 25.4 Å². The molecular weight excluding hydrogens is 298 g/mol. The quantitative estimate of drug-likeness (QED) is 0.739. The number of nitrogens with one attached hydrogen (secondary N) is 2. The van der Waals surface area contributed by atoms with Gasteiger partial charge in [0.25, 0.3) is 5.91 Å². The van der Waals surface area contributed by atoms with Crippen molar-refractivity contribution in [1.29, 1.82) is 0 Å². The summed E-state index contributed by atoms with van der Waals surface area (Å²) >= 11 is 0. The summed E-state index contributed by atoms with van der Waals surface area (Å²) in [5, 5.41) is 14.5. The van der Waals surface area contributed by atoms with E-state index in [2.05, 4.69) is 10.6 Å². The molecule has 0 saturated carbocycles. The van der Waals surface area contributed by atoms with Gasteiger partial charge >= 0.3 is 6.03 Å². The van der Waals surface area contributed by atoms with Gasteiger partial charge in [-0.1, -0.05) is 12.1 Å². The lowest BCUT2D eigenvalue weighted by molar-refractivity contribution is -0.126. The van der Waals surface area contributed by atoms with Gasteiger partial charge in [0.15, 0.2) is 0 Å². The average molecular weight is 317 g/mol. The lowest BCUT2D eigenvalue weighted by Gasteiger charge is -2.25. The Balaban J connectivity index is 1.90. The zero-order valence-electron chi connectivity index (χ0n) is 12.8. The fraction of sp³-hybridized carbons (Fsp3) is 0.375. The number of aliphatic hydroxyl groups excluding tert-OH is 1. The molecule has 0 fully saturated rings. The summed E-state index contributed by atoms with van der Waals surface area (Å²) in [5.74, 6) is 0.575. The van der Waals surface area contributed by atoms with Crippen LogP contribution in [-0.2, 0) is 4.79 Å². The van der Waals surface area contributed by atoms with Gasteiger partial charge in [0.1, 0.15) is 5.75 Å². The Kier molecular flexibility index (Phi) is 4.20. The molecule has 7 heteroatoms. The van der Waals surface area contributed by atoms with Crippen molar-refractivity contribution in [1.82, 2.24) is 15.5 Å².